The van der Waals surface area contributed by atoms with Gasteiger partial charge in [0.25, 0.3) is 0 Å². The monoisotopic (exact) mass is 470 g/mol. The Kier molecular flexibility index (Phi) is 8.69. The van der Waals surface area contributed by atoms with Crippen LogP contribution in [0.5, 0.6) is 0 Å². The summed E-state index contributed by atoms with van der Waals surface area (Å²) in [4.78, 5) is 33.9. The van der Waals surface area contributed by atoms with Crippen LogP contribution in [0, 0.1) is 0 Å². The number of aromatic nitrogens is 2. The zero-order valence-electron chi connectivity index (χ0n) is 18.7. The molecule has 180 valence electrons. The molecule has 34 heavy (non-hydrogen) atoms. The SMILES string of the molecule is O=C1OCCOCCOCCOCCOCCOC(=O)c2ccc3ccc4ccc1nc4c3n2. The number of esters is 2. The van der Waals surface area contributed by atoms with Crippen LogP contribution in [0.4, 0.5) is 0 Å². The van der Waals surface area contributed by atoms with Crippen LogP contribution in [-0.2, 0) is 28.4 Å². The number of pyridine rings is 2. The number of cyclic esters (lactones) is 2. The number of hydrogen-bond acceptors (Lipinski definition) is 10. The summed E-state index contributed by atoms with van der Waals surface area (Å²) in [6, 6.07) is 10.5. The number of benzene rings is 1. The van der Waals surface area contributed by atoms with Crippen LogP contribution >= 0.6 is 0 Å². The molecule has 10 heteroatoms. The molecule has 4 bridgehead atoms. The number of rotatable bonds is 0. The molecule has 10 nitrogen and oxygen atoms in total. The van der Waals surface area contributed by atoms with Crippen molar-refractivity contribution in [2.45, 2.75) is 0 Å². The van der Waals surface area contributed by atoms with Crippen molar-refractivity contribution >= 4 is 33.7 Å². The Labute approximate surface area is 196 Å². The smallest absolute Gasteiger partial charge is 0.357 e. The van der Waals surface area contributed by atoms with E-state index in [1.54, 1.807) is 24.3 Å². The highest BCUT2D eigenvalue weighted by molar-refractivity contribution is 6.05. The molecule has 3 aromatic rings. The predicted octanol–water partition coefficient (Wildman–Crippen LogP) is 2.18. The van der Waals surface area contributed by atoms with E-state index in [0.29, 0.717) is 50.7 Å². The fourth-order valence-corrected chi connectivity index (χ4v) is 3.29. The minimum atomic E-state index is -0.569. The molecule has 0 N–H and O–H groups in total. The van der Waals surface area contributed by atoms with E-state index in [1.165, 1.54) is 0 Å². The van der Waals surface area contributed by atoms with Gasteiger partial charge in [-0.1, -0.05) is 24.3 Å². The summed E-state index contributed by atoms with van der Waals surface area (Å²) in [6.45, 7) is 3.11. The van der Waals surface area contributed by atoms with Crippen LogP contribution in [0.3, 0.4) is 0 Å². The molecule has 0 radical (unpaired) electrons. The maximum Gasteiger partial charge on any atom is 0.357 e. The Morgan fingerprint density at radius 1 is 0.471 bits per heavy atom. The normalized spacial score (nSPS) is 18.1. The first-order chi connectivity index (χ1) is 16.7. The zero-order valence-corrected chi connectivity index (χ0v) is 18.7. The van der Waals surface area contributed by atoms with Crippen LogP contribution in [0.1, 0.15) is 21.0 Å². The fraction of sp³-hybridized carbons (Fsp3) is 0.417. The third kappa shape index (κ3) is 6.45. The molecule has 0 atom stereocenters. The van der Waals surface area contributed by atoms with E-state index in [-0.39, 0.29) is 37.8 Å². The van der Waals surface area contributed by atoms with Crippen LogP contribution in [0.15, 0.2) is 36.4 Å². The molecule has 4 rings (SSSR count). The summed E-state index contributed by atoms with van der Waals surface area (Å²) in [5.41, 5.74) is 1.27. The van der Waals surface area contributed by atoms with Crippen molar-refractivity contribution in [1.82, 2.24) is 9.97 Å². The number of fused-ring (bicyclic) bond motifs is 2. The molecule has 1 aliphatic rings. The Balaban J connectivity index is 1.53. The topological polar surface area (TPSA) is 115 Å². The van der Waals surface area contributed by atoms with Crippen molar-refractivity contribution in [2.24, 2.45) is 0 Å². The second-order valence-electron chi connectivity index (χ2n) is 7.32. The maximum absolute atomic E-state index is 12.5. The molecule has 3 heterocycles. The van der Waals surface area contributed by atoms with Gasteiger partial charge < -0.3 is 28.4 Å². The molecule has 0 unspecified atom stereocenters. The maximum atomic E-state index is 12.5. The van der Waals surface area contributed by atoms with Gasteiger partial charge in [-0.05, 0) is 12.1 Å². The number of ether oxygens (including phenoxy) is 6. The average molecular weight is 470 g/mol. The van der Waals surface area contributed by atoms with Gasteiger partial charge in [0, 0.05) is 10.8 Å². The summed E-state index contributed by atoms with van der Waals surface area (Å²) in [7, 11) is 0. The van der Waals surface area contributed by atoms with Crippen LogP contribution < -0.4 is 0 Å². The lowest BCUT2D eigenvalue weighted by molar-refractivity contribution is -0.0137. The molecule has 0 fully saturated rings. The van der Waals surface area contributed by atoms with Gasteiger partial charge in [0.2, 0.25) is 0 Å². The van der Waals surface area contributed by atoms with E-state index < -0.39 is 11.9 Å². The summed E-state index contributed by atoms with van der Waals surface area (Å²) < 4.78 is 32.2. The van der Waals surface area contributed by atoms with Crippen LogP contribution in [-0.4, -0.2) is 88.0 Å². The molecular weight excluding hydrogens is 444 g/mol. The van der Waals surface area contributed by atoms with Crippen molar-refractivity contribution in [1.29, 1.82) is 0 Å². The molecular formula is C24H26N2O8. The lowest BCUT2D eigenvalue weighted by Gasteiger charge is -2.10. The number of hydrogen-bond donors (Lipinski definition) is 0. The molecule has 1 aliphatic heterocycles. The Morgan fingerprint density at radius 2 is 0.794 bits per heavy atom. The van der Waals surface area contributed by atoms with E-state index in [0.717, 1.165) is 10.8 Å². The second-order valence-corrected chi connectivity index (χ2v) is 7.32. The molecule has 0 amide bonds. The fourth-order valence-electron chi connectivity index (χ4n) is 3.29. The molecule has 2 aromatic heterocycles. The molecule has 1 aromatic carbocycles. The first-order valence-corrected chi connectivity index (χ1v) is 11.1. The first-order valence-electron chi connectivity index (χ1n) is 11.1. The minimum Gasteiger partial charge on any atom is -0.459 e. The van der Waals surface area contributed by atoms with Gasteiger partial charge in [-0.25, -0.2) is 19.6 Å². The highest BCUT2D eigenvalue weighted by Crippen LogP contribution is 2.23. The van der Waals surface area contributed by atoms with Gasteiger partial charge in [-0.3, -0.25) is 0 Å². The highest BCUT2D eigenvalue weighted by atomic mass is 16.6. The highest BCUT2D eigenvalue weighted by Gasteiger charge is 2.15. The van der Waals surface area contributed by atoms with Gasteiger partial charge in [0.1, 0.15) is 24.6 Å². The summed E-state index contributed by atoms with van der Waals surface area (Å²) in [5.74, 6) is -1.14. The van der Waals surface area contributed by atoms with Crippen molar-refractivity contribution in [3.63, 3.8) is 0 Å². The van der Waals surface area contributed by atoms with Gasteiger partial charge >= 0.3 is 11.9 Å². The van der Waals surface area contributed by atoms with Crippen molar-refractivity contribution in [2.75, 3.05) is 66.1 Å². The third-order valence-electron chi connectivity index (χ3n) is 4.98. The first kappa shape index (κ1) is 24.0. The number of nitrogens with zero attached hydrogens (tertiary/aromatic N) is 2. The number of carbonyl (C=O) groups excluding carboxylic acids is 2. The molecule has 0 saturated carbocycles. The van der Waals surface area contributed by atoms with Crippen molar-refractivity contribution < 1.29 is 38.0 Å². The standard InChI is InChI=1S/C24H26N2O8/c27-23-19-5-3-17-1-2-18-4-6-20(26-22(18)21(17)25-19)24(28)34-16-14-32-12-10-30-8-7-29-9-11-31-13-15-33-23/h1-6H,7-16H2. The summed E-state index contributed by atoms with van der Waals surface area (Å²) in [5, 5.41) is 1.56. The van der Waals surface area contributed by atoms with Crippen molar-refractivity contribution in [3.05, 3.63) is 47.8 Å². The largest absolute Gasteiger partial charge is 0.459 e. The quantitative estimate of drug-likeness (QED) is 0.358. The van der Waals surface area contributed by atoms with E-state index >= 15 is 0 Å². The lowest BCUT2D eigenvalue weighted by Crippen LogP contribution is -2.16. The molecule has 0 saturated heterocycles. The van der Waals surface area contributed by atoms with E-state index in [1.807, 2.05) is 12.1 Å². The molecule has 0 aliphatic carbocycles. The summed E-state index contributed by atoms with van der Waals surface area (Å²) in [6.07, 6.45) is 0. The van der Waals surface area contributed by atoms with Crippen LogP contribution in [0.25, 0.3) is 21.8 Å². The van der Waals surface area contributed by atoms with Crippen LogP contribution in [0.2, 0.25) is 0 Å². The number of carbonyl (C=O) groups is 2. The molecule has 0 spiro atoms. The summed E-state index contributed by atoms with van der Waals surface area (Å²) >= 11 is 0. The second kappa shape index (κ2) is 12.3. The lowest BCUT2D eigenvalue weighted by atomic mass is 10.1. The van der Waals surface area contributed by atoms with Crippen molar-refractivity contribution in [3.8, 4) is 0 Å². The van der Waals surface area contributed by atoms with Gasteiger partial charge in [0.15, 0.2) is 0 Å². The average Bonchev–Trinajstić information content (AvgIpc) is 2.86. The zero-order chi connectivity index (χ0) is 23.6. The van der Waals surface area contributed by atoms with Gasteiger partial charge in [-0.15, -0.1) is 0 Å². The third-order valence-corrected chi connectivity index (χ3v) is 4.98. The Hall–Kier alpha value is -3.18. The predicted molar refractivity (Wildman–Crippen MR) is 121 cm³/mol. The van der Waals surface area contributed by atoms with E-state index in [2.05, 4.69) is 9.97 Å². The van der Waals surface area contributed by atoms with Gasteiger partial charge in [0.05, 0.1) is 63.9 Å². The Morgan fingerprint density at radius 3 is 1.18 bits per heavy atom. The van der Waals surface area contributed by atoms with Gasteiger partial charge in [-0.2, -0.15) is 0 Å². The Bertz CT molecular complexity index is 1050. The van der Waals surface area contributed by atoms with E-state index in [4.69, 9.17) is 28.4 Å². The van der Waals surface area contributed by atoms with E-state index in [9.17, 15) is 9.59 Å². The minimum absolute atomic E-state index is 0.0887.